The largest absolute Gasteiger partial charge is 0.368 e. The number of benzene rings is 1. The lowest BCUT2D eigenvalue weighted by atomic mass is 10.2. The SMILES string of the molecule is CN=C(NCCC(=O)N1CCN(c2ccc(F)cc2)CC1)NCCc1ccc(Cl)nc1.I. The summed E-state index contributed by atoms with van der Waals surface area (Å²) in [6.07, 6.45) is 2.95. The Bertz CT molecular complexity index is 873. The molecule has 1 aromatic heterocycles. The molecule has 1 saturated heterocycles. The molecule has 0 bridgehead atoms. The van der Waals surface area contributed by atoms with Crippen LogP contribution < -0.4 is 15.5 Å². The second-order valence-corrected chi connectivity index (χ2v) is 7.65. The first-order chi connectivity index (χ1) is 15.0. The summed E-state index contributed by atoms with van der Waals surface area (Å²) in [5, 5.41) is 6.90. The minimum Gasteiger partial charge on any atom is -0.368 e. The van der Waals surface area contributed by atoms with Crippen LogP contribution in [0.2, 0.25) is 5.15 Å². The number of carbonyl (C=O) groups excluding carboxylic acids is 1. The molecule has 2 aromatic rings. The Morgan fingerprint density at radius 1 is 1.09 bits per heavy atom. The standard InChI is InChI=1S/C22H28ClFN6O.HI/c1-25-22(26-10-8-17-2-7-20(23)28-16-17)27-11-9-21(31)30-14-12-29(13-15-30)19-5-3-18(24)4-6-19;/h2-7,16H,8-15H2,1H3,(H2,25,26,27);1H. The summed E-state index contributed by atoms with van der Waals surface area (Å²) in [7, 11) is 1.70. The molecule has 2 N–H and O–H groups in total. The van der Waals surface area contributed by atoms with Gasteiger partial charge in [-0.25, -0.2) is 9.37 Å². The molecule has 1 fully saturated rings. The van der Waals surface area contributed by atoms with Crippen LogP contribution in [0.5, 0.6) is 0 Å². The van der Waals surface area contributed by atoms with Crippen molar-refractivity contribution in [2.45, 2.75) is 12.8 Å². The molecule has 7 nitrogen and oxygen atoms in total. The van der Waals surface area contributed by atoms with Gasteiger partial charge in [-0.05, 0) is 42.3 Å². The van der Waals surface area contributed by atoms with Gasteiger partial charge in [0.25, 0.3) is 0 Å². The molecule has 0 spiro atoms. The van der Waals surface area contributed by atoms with Gasteiger partial charge < -0.3 is 20.4 Å². The maximum Gasteiger partial charge on any atom is 0.224 e. The van der Waals surface area contributed by atoms with Crippen molar-refractivity contribution in [1.29, 1.82) is 0 Å². The fourth-order valence-electron chi connectivity index (χ4n) is 3.41. The van der Waals surface area contributed by atoms with Gasteiger partial charge in [0.2, 0.25) is 5.91 Å². The van der Waals surface area contributed by atoms with E-state index in [9.17, 15) is 9.18 Å². The average Bonchev–Trinajstić information content (AvgIpc) is 2.80. The summed E-state index contributed by atoms with van der Waals surface area (Å²) < 4.78 is 13.1. The number of piperazine rings is 1. The van der Waals surface area contributed by atoms with Crippen LogP contribution in [0.25, 0.3) is 0 Å². The van der Waals surface area contributed by atoms with E-state index in [-0.39, 0.29) is 35.7 Å². The molecule has 10 heteroatoms. The van der Waals surface area contributed by atoms with E-state index in [1.807, 2.05) is 11.0 Å². The number of anilines is 1. The summed E-state index contributed by atoms with van der Waals surface area (Å²) in [5.41, 5.74) is 2.07. The van der Waals surface area contributed by atoms with Crippen molar-refractivity contribution in [2.75, 3.05) is 51.2 Å². The highest BCUT2D eigenvalue weighted by molar-refractivity contribution is 14.0. The first kappa shape index (κ1) is 26.1. The Morgan fingerprint density at radius 2 is 1.78 bits per heavy atom. The Hall–Kier alpha value is -2.14. The first-order valence-electron chi connectivity index (χ1n) is 10.4. The van der Waals surface area contributed by atoms with Crippen LogP contribution in [-0.4, -0.2) is 68.1 Å². The zero-order valence-electron chi connectivity index (χ0n) is 18.1. The van der Waals surface area contributed by atoms with Crippen molar-refractivity contribution >= 4 is 53.1 Å². The van der Waals surface area contributed by atoms with Crippen molar-refractivity contribution < 1.29 is 9.18 Å². The van der Waals surface area contributed by atoms with Crippen molar-refractivity contribution in [3.63, 3.8) is 0 Å². The maximum atomic E-state index is 13.1. The van der Waals surface area contributed by atoms with Gasteiger partial charge >= 0.3 is 0 Å². The van der Waals surface area contributed by atoms with Crippen LogP contribution in [0, 0.1) is 5.82 Å². The van der Waals surface area contributed by atoms with Crippen LogP contribution in [-0.2, 0) is 11.2 Å². The second-order valence-electron chi connectivity index (χ2n) is 7.26. The van der Waals surface area contributed by atoms with E-state index in [2.05, 4.69) is 25.5 Å². The molecule has 174 valence electrons. The van der Waals surface area contributed by atoms with Crippen LogP contribution >= 0.6 is 35.6 Å². The van der Waals surface area contributed by atoms with E-state index >= 15 is 0 Å². The van der Waals surface area contributed by atoms with Gasteiger partial charge in [-0.1, -0.05) is 17.7 Å². The summed E-state index contributed by atoms with van der Waals surface area (Å²) in [4.78, 5) is 24.8. The number of amides is 1. The summed E-state index contributed by atoms with van der Waals surface area (Å²) in [6, 6.07) is 10.2. The maximum absolute atomic E-state index is 13.1. The second kappa shape index (κ2) is 13.4. The van der Waals surface area contributed by atoms with E-state index in [4.69, 9.17) is 11.6 Å². The van der Waals surface area contributed by atoms with Gasteiger partial charge in [0.15, 0.2) is 5.96 Å². The molecule has 1 aromatic carbocycles. The third-order valence-electron chi connectivity index (χ3n) is 5.17. The minimum atomic E-state index is -0.239. The lowest BCUT2D eigenvalue weighted by Gasteiger charge is -2.36. The number of hydrogen-bond donors (Lipinski definition) is 2. The third-order valence-corrected chi connectivity index (χ3v) is 5.40. The van der Waals surface area contributed by atoms with Crippen LogP contribution in [0.4, 0.5) is 10.1 Å². The predicted molar refractivity (Wildman–Crippen MR) is 138 cm³/mol. The van der Waals surface area contributed by atoms with Crippen molar-refractivity contribution in [1.82, 2.24) is 20.5 Å². The highest BCUT2D eigenvalue weighted by Crippen LogP contribution is 2.17. The number of nitrogens with zero attached hydrogens (tertiary/aromatic N) is 4. The number of rotatable bonds is 7. The Labute approximate surface area is 210 Å². The van der Waals surface area contributed by atoms with Gasteiger partial charge in [0.1, 0.15) is 11.0 Å². The average molecular weight is 575 g/mol. The molecular weight excluding hydrogens is 546 g/mol. The molecule has 1 aliphatic rings. The lowest BCUT2D eigenvalue weighted by molar-refractivity contribution is -0.131. The van der Waals surface area contributed by atoms with E-state index in [0.717, 1.165) is 30.8 Å². The van der Waals surface area contributed by atoms with E-state index < -0.39 is 0 Å². The van der Waals surface area contributed by atoms with Gasteiger partial charge in [0, 0.05) is 64.6 Å². The number of aromatic nitrogens is 1. The molecule has 0 aliphatic carbocycles. The summed E-state index contributed by atoms with van der Waals surface area (Å²) >= 11 is 5.80. The first-order valence-corrected chi connectivity index (χ1v) is 10.8. The number of aliphatic imine (C=N–C) groups is 1. The molecule has 0 saturated carbocycles. The number of hydrogen-bond acceptors (Lipinski definition) is 4. The molecular formula is C22H29ClFIN6O. The fourth-order valence-corrected chi connectivity index (χ4v) is 3.52. The monoisotopic (exact) mass is 574 g/mol. The number of halogens is 3. The molecule has 2 heterocycles. The topological polar surface area (TPSA) is 72.9 Å². The fraction of sp³-hybridized carbons (Fsp3) is 0.409. The van der Waals surface area contributed by atoms with Crippen molar-refractivity contribution in [3.8, 4) is 0 Å². The number of carbonyl (C=O) groups is 1. The van der Waals surface area contributed by atoms with Gasteiger partial charge in [-0.15, -0.1) is 24.0 Å². The Morgan fingerprint density at radius 3 is 2.41 bits per heavy atom. The lowest BCUT2D eigenvalue weighted by Crippen LogP contribution is -2.49. The predicted octanol–water partition coefficient (Wildman–Crippen LogP) is 2.94. The number of guanidine groups is 1. The molecule has 32 heavy (non-hydrogen) atoms. The molecule has 0 unspecified atom stereocenters. The number of pyridine rings is 1. The summed E-state index contributed by atoms with van der Waals surface area (Å²) in [5.74, 6) is 0.543. The molecule has 3 rings (SSSR count). The van der Waals surface area contributed by atoms with Gasteiger partial charge in [0.05, 0.1) is 0 Å². The highest BCUT2D eigenvalue weighted by Gasteiger charge is 2.21. The van der Waals surface area contributed by atoms with Crippen LogP contribution in [0.1, 0.15) is 12.0 Å². The quantitative estimate of drug-likeness (QED) is 0.230. The molecule has 0 radical (unpaired) electrons. The van der Waals surface area contributed by atoms with Crippen molar-refractivity contribution in [3.05, 3.63) is 59.1 Å². The molecule has 1 aliphatic heterocycles. The molecule has 0 atom stereocenters. The third kappa shape index (κ3) is 8.09. The minimum absolute atomic E-state index is 0. The highest BCUT2D eigenvalue weighted by atomic mass is 127. The number of nitrogens with one attached hydrogen (secondary N) is 2. The molecule has 1 amide bonds. The summed E-state index contributed by atoms with van der Waals surface area (Å²) in [6.45, 7) is 4.03. The Kier molecular flexibility index (Phi) is 10.9. The van der Waals surface area contributed by atoms with Gasteiger partial charge in [-0.3, -0.25) is 9.79 Å². The zero-order valence-corrected chi connectivity index (χ0v) is 21.1. The smallest absolute Gasteiger partial charge is 0.224 e. The van der Waals surface area contributed by atoms with E-state index in [0.29, 0.717) is 43.7 Å². The van der Waals surface area contributed by atoms with Crippen molar-refractivity contribution in [2.24, 2.45) is 4.99 Å². The zero-order chi connectivity index (χ0) is 22.1. The normalized spacial score (nSPS) is 14.0. The van der Waals surface area contributed by atoms with Crippen LogP contribution in [0.15, 0.2) is 47.6 Å². The van der Waals surface area contributed by atoms with Gasteiger partial charge in [-0.2, -0.15) is 0 Å². The van der Waals surface area contributed by atoms with Crippen LogP contribution in [0.3, 0.4) is 0 Å². The van der Waals surface area contributed by atoms with E-state index in [1.54, 1.807) is 31.4 Å². The Balaban J connectivity index is 0.00000363. The van der Waals surface area contributed by atoms with E-state index in [1.165, 1.54) is 12.1 Å².